The standard InChI is InChI=1S/C24H30FN5OSi.C20H22FN5O8P2.C19H21ClFN5O.C19H18FN5O3.C5H10Si.CH2Cl4O2P2.CH4/c1-6-18-16(2)20(25)24(31-18)30-15-27-21-22(26-14-17-10-8-7-9-11-17)28-19(29-23(21)30)12-13-32(3,4)5;1-2-14-24-18(22-8-12-6-4-3-5-7-12)16-19(25-14)26(10-23-16)20-15(21)17(27)13(34-20)9-33-36(31,32)11-35(28,29)30;1-3-13-11(2)14(21)18(27-13)26-10-23-15-16(24-19(20)25-17(15)26)22-9-12-7-5-4-6-8-12;1-2-13-23-17(21-8-11-6-4-3-5-7-11)15-18(24-13)25(10-22-15)19-14(20)16(27)12(9-26)28-19;1-5-6(2,3)4;2-8(3,6)1-9(4,5)7;/h7-11,15-16,18,20,24H,6,14H2,1-5H3,(H,26,28,29);1,3-7,10,13,15,17,20,27H,8-9,11H2,(H,31,32)(H,22,24,25)(H2,28,29,30);4-8,10-11,13-14,18H,3,9H2,1-2H3,(H,22,24,25);1,3-7,10,12,14,16,19,26-27H,8-9H2,(H,21,23,24);1H,2-4H3;1H2;1H4/t16-,18-,20+,24-;13-,15+,17-,20-;11-,13-,14+,18-;12-,14+,16-,19-;;;/m1111.../s1. The Balaban J connectivity index is 0.000000182. The third-order valence-corrected chi connectivity index (χ3v) is 33.1. The molecule has 10 N–H and O–H groups in total. The Morgan fingerprint density at radius 2 is 0.755 bits per heavy atom. The summed E-state index contributed by atoms with van der Waals surface area (Å²) in [6.07, 6.45) is 7.18. The molecule has 0 amide bonds. The van der Waals surface area contributed by atoms with E-state index < -0.39 is 142 Å². The molecule has 744 valence electrons. The number of benzene rings is 4. The number of ether oxygens (including phenoxy) is 4. The first-order valence-electron chi connectivity index (χ1n) is 43.0. The normalized spacial score (nSPS) is 22.7. The highest BCUT2D eigenvalue weighted by Gasteiger charge is 2.50. The summed E-state index contributed by atoms with van der Waals surface area (Å²) in [4.78, 5) is 79.7. The van der Waals surface area contributed by atoms with Crippen LogP contribution in [0, 0.1) is 60.0 Å². The largest absolute Gasteiger partial charge is 0.394 e. The number of aliphatic hydroxyl groups excluding tert-OH is 3. The molecule has 4 aromatic carbocycles. The molecule has 0 saturated carbocycles. The second-order valence-electron chi connectivity index (χ2n) is 34.1. The molecule has 4 saturated heterocycles. The van der Waals surface area contributed by atoms with Crippen molar-refractivity contribution < 1.29 is 89.3 Å². The number of aliphatic hydroxyl groups is 3. The summed E-state index contributed by atoms with van der Waals surface area (Å²) in [5.74, 6) is 1.07. The van der Waals surface area contributed by atoms with Gasteiger partial charge in [0.2, 0.25) is 22.8 Å². The van der Waals surface area contributed by atoms with E-state index in [-0.39, 0.29) is 65.2 Å². The smallest absolute Gasteiger partial charge is 0.340 e. The van der Waals surface area contributed by atoms with Crippen LogP contribution in [0.25, 0.3) is 44.7 Å². The molecular weight excluding hydrogens is 2020 g/mol. The van der Waals surface area contributed by atoms with Crippen molar-refractivity contribution in [1.82, 2.24) is 78.1 Å². The zero-order valence-corrected chi connectivity index (χ0v) is 85.5. The molecule has 0 bridgehead atoms. The molecule has 0 aliphatic carbocycles. The van der Waals surface area contributed by atoms with Crippen molar-refractivity contribution in [2.75, 3.05) is 46.3 Å². The van der Waals surface area contributed by atoms with Crippen molar-refractivity contribution in [3.05, 3.63) is 192 Å². The van der Waals surface area contributed by atoms with E-state index in [2.05, 4.69) is 154 Å². The van der Waals surface area contributed by atoms with Crippen LogP contribution in [-0.2, 0) is 67.9 Å². The summed E-state index contributed by atoms with van der Waals surface area (Å²) in [5, 5.41) is 42.4. The van der Waals surface area contributed by atoms with Crippen LogP contribution in [0.2, 0.25) is 44.6 Å². The van der Waals surface area contributed by atoms with Crippen LogP contribution >= 0.6 is 83.5 Å². The van der Waals surface area contributed by atoms with Crippen molar-refractivity contribution in [2.24, 2.45) is 11.8 Å². The molecule has 1 unspecified atom stereocenters. The lowest BCUT2D eigenvalue weighted by molar-refractivity contribution is -0.0459. The third-order valence-electron chi connectivity index (χ3n) is 21.3. The minimum absolute atomic E-state index is 0. The van der Waals surface area contributed by atoms with Gasteiger partial charge in [-0.05, 0) is 109 Å². The molecular formula is C89H107Cl5F4N20O15P4Si2. The summed E-state index contributed by atoms with van der Waals surface area (Å²) in [6, 6.07) is 39.1. The molecule has 12 aromatic rings. The Bertz CT molecular complexity index is 6560. The van der Waals surface area contributed by atoms with Gasteiger partial charge in [0.1, 0.15) is 46.5 Å². The Hall–Kier alpha value is -9.40. The first-order valence-corrected chi connectivity index (χ1v) is 61.4. The summed E-state index contributed by atoms with van der Waals surface area (Å²) in [6.45, 7) is 21.4. The van der Waals surface area contributed by atoms with E-state index in [1.165, 1.54) is 21.8 Å². The molecule has 139 heavy (non-hydrogen) atoms. The van der Waals surface area contributed by atoms with E-state index in [1.807, 2.05) is 149 Å². The zero-order chi connectivity index (χ0) is 101. The van der Waals surface area contributed by atoms with Crippen LogP contribution in [0.15, 0.2) is 147 Å². The molecule has 4 aliphatic heterocycles. The van der Waals surface area contributed by atoms with Gasteiger partial charge in [-0.1, -0.05) is 196 Å². The summed E-state index contributed by atoms with van der Waals surface area (Å²) in [5.41, 5.74) is 13.4. The van der Waals surface area contributed by atoms with E-state index in [0.717, 1.165) is 35.1 Å². The molecule has 4 fully saturated rings. The number of alkyl halides is 4. The minimum atomic E-state index is -4.86. The molecule has 4 aliphatic rings. The van der Waals surface area contributed by atoms with E-state index in [1.54, 1.807) is 21.8 Å². The predicted octanol–water partition coefficient (Wildman–Crippen LogP) is 18.1. The fourth-order valence-electron chi connectivity index (χ4n) is 14.3. The van der Waals surface area contributed by atoms with Crippen LogP contribution in [-0.4, -0.2) is 211 Å². The molecule has 16 rings (SSSR count). The molecule has 35 nitrogen and oxygen atoms in total. The van der Waals surface area contributed by atoms with Gasteiger partial charge in [0.05, 0.1) is 50.7 Å². The SMILES string of the molecule is C.C#C[Si](C)(C)C.C#Cc1nc(NCc2ccccc2)c2ncn([C@@H]3O[C@H](CO)[C@@H](O)[C@@H]3F)c2n1.C#Cc1nc(NCc2ccccc2)c2ncn([C@@H]3O[C@H](COP(=O)(O)CP(=O)(O)O)[C@@H](O)[C@@H]3F)c2n1.CC[C@H]1O[C@@H](n2cnc3c(NCc4ccccc4)nc(C#C[Si](C)(C)C)nc32)[C@@H](F)[C@@H]1C.CC[C@H]1O[C@@H](n2cnc3c(NCc4ccccc4)nc(Cl)nc32)[C@@H](F)[C@@H]1C.O=P(Cl)(Cl)CP(=O)(Cl)Cl. The van der Waals surface area contributed by atoms with Crippen molar-refractivity contribution in [3.8, 4) is 48.1 Å². The van der Waals surface area contributed by atoms with Crippen LogP contribution in [0.5, 0.6) is 0 Å². The van der Waals surface area contributed by atoms with Crippen LogP contribution in [0.1, 0.15) is 113 Å². The van der Waals surface area contributed by atoms with E-state index in [0.29, 0.717) is 83.1 Å². The fourth-order valence-corrected chi connectivity index (χ4v) is 26.4. The number of aromatic nitrogens is 16. The Kier molecular flexibility index (Phi) is 39.4. The first kappa shape index (κ1) is 112. The summed E-state index contributed by atoms with van der Waals surface area (Å²) < 4.78 is 137. The second-order valence-corrected chi connectivity index (χ2v) is 59.0. The number of hydrogen-bond donors (Lipinski definition) is 10. The maximum atomic E-state index is 15.1. The number of hydrogen-bond acceptors (Lipinski definition) is 28. The number of fused-ring (bicyclic) bond motifs is 4. The Morgan fingerprint density at radius 1 is 0.453 bits per heavy atom. The Labute approximate surface area is 826 Å². The van der Waals surface area contributed by atoms with E-state index in [4.69, 9.17) is 105 Å². The number of halogens is 9. The molecule has 8 aromatic heterocycles. The van der Waals surface area contributed by atoms with Gasteiger partial charge in [-0.15, -0.1) is 30.4 Å². The lowest BCUT2D eigenvalue weighted by Crippen LogP contribution is -2.31. The minimum Gasteiger partial charge on any atom is -0.394 e. The molecule has 50 heteroatoms. The van der Waals surface area contributed by atoms with Crippen LogP contribution < -0.4 is 21.3 Å². The topological polar surface area (TPSA) is 458 Å². The zero-order valence-electron chi connectivity index (χ0n) is 76.1. The number of nitrogens with zero attached hydrogens (tertiary/aromatic N) is 16. The second kappa shape index (κ2) is 49.1. The van der Waals surface area contributed by atoms with Crippen molar-refractivity contribution in [2.45, 2.75) is 200 Å². The molecule has 12 heterocycles. The van der Waals surface area contributed by atoms with Gasteiger partial charge in [0.15, 0.2) is 123 Å². The monoisotopic (exact) mass is 2130 g/mol. The summed E-state index contributed by atoms with van der Waals surface area (Å²) in [7, 11) is -12.3. The van der Waals surface area contributed by atoms with E-state index in [9.17, 15) is 47.3 Å². The fraction of sp³-hybridized carbons (Fsp3) is 0.416. The number of rotatable bonds is 26. The van der Waals surface area contributed by atoms with Crippen molar-refractivity contribution >= 4 is 168 Å². The summed E-state index contributed by atoms with van der Waals surface area (Å²) >= 11 is 26.1. The maximum Gasteiger partial charge on any atom is 0.340 e. The number of terminal acetylenes is 3. The van der Waals surface area contributed by atoms with Gasteiger partial charge >= 0.3 is 15.2 Å². The Morgan fingerprint density at radius 3 is 1.04 bits per heavy atom. The third kappa shape index (κ3) is 30.6. The molecule has 0 radical (unpaired) electrons. The predicted molar refractivity (Wildman–Crippen MR) is 536 cm³/mol. The van der Waals surface area contributed by atoms with Gasteiger partial charge in [-0.25, -0.2) is 67.4 Å². The highest BCUT2D eigenvalue weighted by Crippen LogP contribution is 2.72. The van der Waals surface area contributed by atoms with Gasteiger partial charge in [0, 0.05) is 38.0 Å². The number of nitrogens with one attached hydrogen (secondary N) is 4. The highest BCUT2D eigenvalue weighted by molar-refractivity contribution is 8.21. The molecule has 17 atom stereocenters. The number of anilines is 4. The van der Waals surface area contributed by atoms with E-state index >= 15 is 8.78 Å². The molecule has 0 spiro atoms. The van der Waals surface area contributed by atoms with Gasteiger partial charge in [-0.3, -0.25) is 36.5 Å². The number of imidazole rings is 4. The van der Waals surface area contributed by atoms with Gasteiger partial charge in [0.25, 0.3) is 11.7 Å². The lowest BCUT2D eigenvalue weighted by atomic mass is 10.00. The maximum absolute atomic E-state index is 15.1. The first-order chi connectivity index (χ1) is 65.2. The van der Waals surface area contributed by atoms with Crippen molar-refractivity contribution in [3.63, 3.8) is 0 Å². The van der Waals surface area contributed by atoms with Gasteiger partial charge in [-0.2, -0.15) is 9.97 Å². The van der Waals surface area contributed by atoms with Crippen LogP contribution in [0.4, 0.5) is 40.8 Å². The average Bonchev–Trinajstić information content (AvgIpc) is 1.62. The quantitative estimate of drug-likeness (QED) is 0.00791. The van der Waals surface area contributed by atoms with Crippen molar-refractivity contribution in [1.29, 1.82) is 0 Å². The lowest BCUT2D eigenvalue weighted by Gasteiger charge is -2.18. The average molecular weight is 2130 g/mol. The van der Waals surface area contributed by atoms with Gasteiger partial charge < -0.3 is 74.7 Å². The van der Waals surface area contributed by atoms with Crippen LogP contribution in [0.3, 0.4) is 0 Å². The highest BCUT2D eigenvalue weighted by atomic mass is 35.9.